The van der Waals surface area contributed by atoms with Gasteiger partial charge in [-0.2, -0.15) is 4.72 Å². The predicted octanol–water partition coefficient (Wildman–Crippen LogP) is 3.26. The summed E-state index contributed by atoms with van der Waals surface area (Å²) in [5.41, 5.74) is 1.34. The summed E-state index contributed by atoms with van der Waals surface area (Å²) < 4.78 is 47.7. The number of nitrogens with zero attached hydrogens (tertiary/aromatic N) is 2. The van der Waals surface area contributed by atoms with E-state index in [4.69, 9.17) is 4.42 Å². The zero-order valence-electron chi connectivity index (χ0n) is 15.5. The van der Waals surface area contributed by atoms with Gasteiger partial charge in [0.2, 0.25) is 5.91 Å². The van der Waals surface area contributed by atoms with Crippen molar-refractivity contribution in [2.75, 3.05) is 6.54 Å². The molecule has 5 rings (SSSR count). The molecular formula is C20H16FN3O4S2. The molecular weight excluding hydrogens is 429 g/mol. The lowest BCUT2D eigenvalue weighted by Gasteiger charge is -2.15. The van der Waals surface area contributed by atoms with Crippen LogP contribution in [0.1, 0.15) is 12.2 Å². The van der Waals surface area contributed by atoms with Gasteiger partial charge in [-0.15, -0.1) is 11.3 Å². The monoisotopic (exact) mass is 445 g/mol. The molecule has 0 unspecified atom stereocenters. The number of aromatic nitrogens is 1. The van der Waals surface area contributed by atoms with Crippen molar-refractivity contribution in [3.8, 4) is 0 Å². The van der Waals surface area contributed by atoms with Gasteiger partial charge in [-0.25, -0.2) is 12.8 Å². The third-order valence-electron chi connectivity index (χ3n) is 5.00. The first-order valence-corrected chi connectivity index (χ1v) is 11.5. The Balaban J connectivity index is 1.31. The molecule has 3 aromatic heterocycles. The Labute approximate surface area is 175 Å². The van der Waals surface area contributed by atoms with E-state index < -0.39 is 21.9 Å². The Morgan fingerprint density at radius 1 is 1.27 bits per heavy atom. The molecule has 1 aliphatic rings. The zero-order valence-corrected chi connectivity index (χ0v) is 17.2. The first-order chi connectivity index (χ1) is 14.4. The molecule has 1 aliphatic heterocycles. The van der Waals surface area contributed by atoms with E-state index in [0.29, 0.717) is 39.9 Å². The normalized spacial score (nSPS) is 17.4. The highest BCUT2D eigenvalue weighted by Crippen LogP contribution is 2.30. The van der Waals surface area contributed by atoms with E-state index in [1.54, 1.807) is 29.3 Å². The van der Waals surface area contributed by atoms with Crippen LogP contribution in [-0.4, -0.2) is 36.8 Å². The van der Waals surface area contributed by atoms with Crippen LogP contribution in [0, 0.1) is 5.82 Å². The number of rotatable bonds is 5. The second kappa shape index (κ2) is 7.15. The van der Waals surface area contributed by atoms with Crippen LogP contribution in [0.2, 0.25) is 0 Å². The zero-order chi connectivity index (χ0) is 20.9. The van der Waals surface area contributed by atoms with Gasteiger partial charge in [-0.05, 0) is 42.1 Å². The van der Waals surface area contributed by atoms with Crippen molar-refractivity contribution in [2.45, 2.75) is 23.2 Å². The molecule has 30 heavy (non-hydrogen) atoms. The Hall–Kier alpha value is -2.82. The molecule has 0 bridgehead atoms. The van der Waals surface area contributed by atoms with Crippen molar-refractivity contribution < 1.29 is 22.0 Å². The minimum atomic E-state index is -3.90. The number of halogens is 1. The van der Waals surface area contributed by atoms with Gasteiger partial charge in [-0.3, -0.25) is 9.78 Å². The van der Waals surface area contributed by atoms with E-state index in [-0.39, 0.29) is 16.7 Å². The Bertz CT molecular complexity index is 1350. The van der Waals surface area contributed by atoms with Gasteiger partial charge >= 0.3 is 0 Å². The molecule has 1 atom stereocenters. The number of sulfonamides is 1. The highest BCUT2D eigenvalue weighted by atomic mass is 32.2. The van der Waals surface area contributed by atoms with E-state index in [9.17, 15) is 17.6 Å². The molecule has 0 saturated carbocycles. The highest BCUT2D eigenvalue weighted by molar-refractivity contribution is 7.91. The molecule has 7 nitrogen and oxygen atoms in total. The standard InChI is InChI=1S/C20H16FN3O4S2/c21-13-4-3-12-8-19(29-18(12)9-13)30(26,27)23-15-5-7-24(20(15)25)11-14-10-16-17(28-14)2-1-6-22-16/h1-4,6,8-10,15,23H,5,7,11H2/t15-/m0/s1. The van der Waals surface area contributed by atoms with Gasteiger partial charge < -0.3 is 9.32 Å². The second-order valence-corrected chi connectivity index (χ2v) is 10.1. The van der Waals surface area contributed by atoms with Crippen molar-refractivity contribution in [1.82, 2.24) is 14.6 Å². The van der Waals surface area contributed by atoms with Crippen LogP contribution in [0.3, 0.4) is 0 Å². The number of benzene rings is 1. The van der Waals surface area contributed by atoms with Gasteiger partial charge in [0, 0.05) is 23.5 Å². The van der Waals surface area contributed by atoms with Gasteiger partial charge in [0.15, 0.2) is 5.58 Å². The van der Waals surface area contributed by atoms with Crippen LogP contribution >= 0.6 is 11.3 Å². The molecule has 1 amide bonds. The Morgan fingerprint density at radius 3 is 2.97 bits per heavy atom. The molecule has 4 heterocycles. The third-order valence-corrected chi connectivity index (χ3v) is 8.05. The maximum absolute atomic E-state index is 13.4. The largest absolute Gasteiger partial charge is 0.457 e. The van der Waals surface area contributed by atoms with Crippen molar-refractivity contribution in [1.29, 1.82) is 0 Å². The third kappa shape index (κ3) is 3.47. The maximum Gasteiger partial charge on any atom is 0.250 e. The van der Waals surface area contributed by atoms with Crippen molar-refractivity contribution in [3.63, 3.8) is 0 Å². The summed E-state index contributed by atoms with van der Waals surface area (Å²) in [5.74, 6) is -0.144. The van der Waals surface area contributed by atoms with Crippen molar-refractivity contribution in [2.24, 2.45) is 0 Å². The number of fused-ring (bicyclic) bond motifs is 2. The SMILES string of the molecule is O=C1[C@@H](NS(=O)(=O)c2cc3ccc(F)cc3s2)CCN1Cc1cc2ncccc2o1. The summed E-state index contributed by atoms with van der Waals surface area (Å²) in [4.78, 5) is 18.5. The van der Waals surface area contributed by atoms with Gasteiger partial charge in [0.25, 0.3) is 10.0 Å². The number of thiophene rings is 1. The highest BCUT2D eigenvalue weighted by Gasteiger charge is 2.35. The topological polar surface area (TPSA) is 92.5 Å². The molecule has 1 aromatic carbocycles. The van der Waals surface area contributed by atoms with E-state index in [0.717, 1.165) is 11.3 Å². The minimum Gasteiger partial charge on any atom is -0.457 e. The number of amides is 1. The first kappa shape index (κ1) is 19.2. The summed E-state index contributed by atoms with van der Waals surface area (Å²) in [5, 5.41) is 0.639. The molecule has 154 valence electrons. The fraction of sp³-hybridized carbons (Fsp3) is 0.200. The van der Waals surface area contributed by atoms with E-state index in [1.165, 1.54) is 24.3 Å². The molecule has 4 aromatic rings. The lowest BCUT2D eigenvalue weighted by molar-refractivity contribution is -0.129. The molecule has 0 spiro atoms. The number of carbonyl (C=O) groups excluding carboxylic acids is 1. The number of likely N-dealkylation sites (tertiary alicyclic amines) is 1. The Kier molecular flexibility index (Phi) is 4.57. The van der Waals surface area contributed by atoms with Gasteiger partial charge in [0.05, 0.1) is 6.54 Å². The molecule has 0 radical (unpaired) electrons. The van der Waals surface area contributed by atoms with Gasteiger partial charge in [0.1, 0.15) is 27.3 Å². The molecule has 10 heteroatoms. The minimum absolute atomic E-state index is 0.0534. The van der Waals surface area contributed by atoms with Gasteiger partial charge in [-0.1, -0.05) is 6.07 Å². The number of pyridine rings is 1. The number of hydrogen-bond acceptors (Lipinski definition) is 6. The number of carbonyl (C=O) groups is 1. The van der Waals surface area contributed by atoms with Crippen LogP contribution in [-0.2, 0) is 21.4 Å². The number of furan rings is 1. The maximum atomic E-state index is 13.4. The van der Waals surface area contributed by atoms with Crippen LogP contribution in [0.15, 0.2) is 57.3 Å². The van der Waals surface area contributed by atoms with Crippen LogP contribution in [0.4, 0.5) is 4.39 Å². The first-order valence-electron chi connectivity index (χ1n) is 9.23. The van der Waals surface area contributed by atoms with Crippen LogP contribution < -0.4 is 4.72 Å². The smallest absolute Gasteiger partial charge is 0.250 e. The predicted molar refractivity (Wildman–Crippen MR) is 110 cm³/mol. The fourth-order valence-electron chi connectivity index (χ4n) is 3.55. The molecule has 1 fully saturated rings. The fourth-order valence-corrected chi connectivity index (χ4v) is 6.21. The summed E-state index contributed by atoms with van der Waals surface area (Å²) >= 11 is 0.971. The summed E-state index contributed by atoms with van der Waals surface area (Å²) in [6.07, 6.45) is 2.02. The Morgan fingerprint density at radius 2 is 2.13 bits per heavy atom. The molecule has 0 aliphatic carbocycles. The van der Waals surface area contributed by atoms with E-state index in [2.05, 4.69) is 9.71 Å². The molecule has 1 saturated heterocycles. The number of hydrogen-bond donors (Lipinski definition) is 1. The summed E-state index contributed by atoms with van der Waals surface area (Å²) in [6.45, 7) is 0.656. The second-order valence-electron chi connectivity index (χ2n) is 7.07. The van der Waals surface area contributed by atoms with E-state index in [1.807, 2.05) is 0 Å². The lowest BCUT2D eigenvalue weighted by Crippen LogP contribution is -2.41. The number of nitrogens with one attached hydrogen (secondary N) is 1. The lowest BCUT2D eigenvalue weighted by atomic mass is 10.3. The van der Waals surface area contributed by atoms with Crippen LogP contribution in [0.25, 0.3) is 21.2 Å². The van der Waals surface area contributed by atoms with E-state index >= 15 is 0 Å². The van der Waals surface area contributed by atoms with Crippen molar-refractivity contribution >= 4 is 48.5 Å². The summed E-state index contributed by atoms with van der Waals surface area (Å²) in [7, 11) is -3.90. The average molecular weight is 445 g/mol. The molecule has 1 N–H and O–H groups in total. The average Bonchev–Trinajstić information content (AvgIpc) is 3.40. The summed E-state index contributed by atoms with van der Waals surface area (Å²) in [6, 6.07) is 10.1. The van der Waals surface area contributed by atoms with Crippen molar-refractivity contribution in [3.05, 3.63) is 60.2 Å². The van der Waals surface area contributed by atoms with Crippen LogP contribution in [0.5, 0.6) is 0 Å². The quantitative estimate of drug-likeness (QED) is 0.509.